The third kappa shape index (κ3) is 10.8. The van der Waals surface area contributed by atoms with E-state index in [1.807, 2.05) is 12.1 Å². The summed E-state index contributed by atoms with van der Waals surface area (Å²) in [7, 11) is 1.78. The molecule has 0 saturated carbocycles. The number of likely N-dealkylation sites (tertiary alicyclic amines) is 1. The Balaban J connectivity index is 0.00000450. The Morgan fingerprint density at radius 3 is 2.40 bits per heavy atom. The van der Waals surface area contributed by atoms with Gasteiger partial charge in [-0.05, 0) is 81.8 Å². The molecule has 9 heteroatoms. The maximum absolute atomic E-state index is 12.9. The molecule has 2 rings (SSSR count). The molecule has 1 aromatic rings. The van der Waals surface area contributed by atoms with E-state index in [0.717, 1.165) is 81.4 Å². The van der Waals surface area contributed by atoms with Gasteiger partial charge in [-0.3, -0.25) is 9.79 Å². The number of carbonyl (C=O) groups excluding carboxylic acids is 1. The maximum Gasteiger partial charge on any atom is 0.220 e. The van der Waals surface area contributed by atoms with Gasteiger partial charge >= 0.3 is 0 Å². The Bertz CT molecular complexity index is 639. The Morgan fingerprint density at radius 1 is 1.17 bits per heavy atom. The van der Waals surface area contributed by atoms with Crippen LogP contribution in [0.15, 0.2) is 34.2 Å². The van der Waals surface area contributed by atoms with E-state index in [-0.39, 0.29) is 41.6 Å². The zero-order valence-electron chi connectivity index (χ0n) is 17.7. The number of nitrogens with zero attached hydrogens (tertiary/aromatic N) is 2. The summed E-state index contributed by atoms with van der Waals surface area (Å²) >= 11 is 1.73. The number of primary amides is 1. The van der Waals surface area contributed by atoms with E-state index in [1.54, 1.807) is 18.8 Å². The maximum atomic E-state index is 12.9. The Labute approximate surface area is 201 Å². The number of benzene rings is 1. The minimum absolute atomic E-state index is 0. The number of rotatable bonds is 11. The van der Waals surface area contributed by atoms with Crippen LogP contribution in [0.4, 0.5) is 4.39 Å². The van der Waals surface area contributed by atoms with Crippen molar-refractivity contribution in [1.29, 1.82) is 0 Å². The van der Waals surface area contributed by atoms with Gasteiger partial charge in [0, 0.05) is 31.0 Å². The van der Waals surface area contributed by atoms with Crippen molar-refractivity contribution in [1.82, 2.24) is 15.5 Å². The highest BCUT2D eigenvalue weighted by Gasteiger charge is 2.22. The van der Waals surface area contributed by atoms with Crippen molar-refractivity contribution in [3.63, 3.8) is 0 Å². The second-order valence-corrected chi connectivity index (χ2v) is 8.48. The summed E-state index contributed by atoms with van der Waals surface area (Å²) in [5, 5.41) is 6.69. The number of thioether (sulfide) groups is 1. The van der Waals surface area contributed by atoms with Crippen LogP contribution in [-0.4, -0.2) is 62.3 Å². The summed E-state index contributed by atoms with van der Waals surface area (Å²) < 4.78 is 12.9. The number of carbonyl (C=O) groups is 1. The van der Waals surface area contributed by atoms with Crippen molar-refractivity contribution in [2.24, 2.45) is 16.6 Å². The fourth-order valence-electron chi connectivity index (χ4n) is 3.33. The van der Waals surface area contributed by atoms with E-state index in [2.05, 4.69) is 20.5 Å². The minimum Gasteiger partial charge on any atom is -0.369 e. The highest BCUT2D eigenvalue weighted by atomic mass is 127. The molecule has 0 radical (unpaired) electrons. The van der Waals surface area contributed by atoms with Gasteiger partial charge in [0.2, 0.25) is 5.91 Å². The molecule has 170 valence electrons. The van der Waals surface area contributed by atoms with Gasteiger partial charge in [0.25, 0.3) is 0 Å². The lowest BCUT2D eigenvalue weighted by Gasteiger charge is -2.30. The smallest absolute Gasteiger partial charge is 0.220 e. The van der Waals surface area contributed by atoms with E-state index in [9.17, 15) is 9.18 Å². The van der Waals surface area contributed by atoms with E-state index in [1.165, 1.54) is 12.1 Å². The van der Waals surface area contributed by atoms with Gasteiger partial charge in [-0.2, -0.15) is 0 Å². The number of aliphatic imine (C=N–C) groups is 1. The summed E-state index contributed by atoms with van der Waals surface area (Å²) in [5.41, 5.74) is 5.38. The van der Waals surface area contributed by atoms with Crippen LogP contribution in [0.3, 0.4) is 0 Å². The molecular weight excluding hydrogens is 516 g/mol. The van der Waals surface area contributed by atoms with Crippen molar-refractivity contribution in [2.75, 3.05) is 45.5 Å². The molecule has 6 nitrogen and oxygen atoms in total. The summed E-state index contributed by atoms with van der Waals surface area (Å²) in [6.45, 7) is 4.75. The molecule has 1 aromatic carbocycles. The molecule has 0 atom stereocenters. The number of unbranched alkanes of at least 4 members (excludes halogenated alkanes) is 1. The average Bonchev–Trinajstić information content (AvgIpc) is 2.73. The zero-order chi connectivity index (χ0) is 20.9. The van der Waals surface area contributed by atoms with Gasteiger partial charge in [0.1, 0.15) is 5.82 Å². The molecule has 4 N–H and O–H groups in total. The quantitative estimate of drug-likeness (QED) is 0.130. The molecule has 0 aromatic heterocycles. The summed E-state index contributed by atoms with van der Waals surface area (Å²) in [5.74, 6) is 1.53. The van der Waals surface area contributed by atoms with Crippen LogP contribution in [0.2, 0.25) is 0 Å². The van der Waals surface area contributed by atoms with Gasteiger partial charge in [0.05, 0.1) is 0 Å². The molecule has 0 bridgehead atoms. The number of hydrogen-bond donors (Lipinski definition) is 3. The van der Waals surface area contributed by atoms with E-state index >= 15 is 0 Å². The molecule has 1 heterocycles. The van der Waals surface area contributed by atoms with Crippen molar-refractivity contribution in [3.8, 4) is 0 Å². The first-order valence-electron chi connectivity index (χ1n) is 10.4. The van der Waals surface area contributed by atoms with Gasteiger partial charge in [0.15, 0.2) is 5.96 Å². The van der Waals surface area contributed by atoms with Crippen LogP contribution in [0.1, 0.15) is 32.1 Å². The van der Waals surface area contributed by atoms with Crippen LogP contribution in [0.25, 0.3) is 0 Å². The van der Waals surface area contributed by atoms with Gasteiger partial charge in [-0.25, -0.2) is 4.39 Å². The Morgan fingerprint density at radius 2 is 1.80 bits per heavy atom. The third-order valence-corrected chi connectivity index (χ3v) is 6.20. The second-order valence-electron chi connectivity index (χ2n) is 7.31. The molecule has 0 spiro atoms. The average molecular weight is 552 g/mol. The standard InChI is InChI=1S/C21H34FN5OS.HI/c1-24-21(26-12-4-16-29-19-7-5-18(22)6-8-19)25-11-2-3-13-27-14-9-17(10-15-27)20(23)28;/h5-8,17H,2-4,9-16H2,1H3,(H2,23,28)(H2,24,25,26);1H. The first-order valence-corrected chi connectivity index (χ1v) is 11.4. The predicted octanol–water partition coefficient (Wildman–Crippen LogP) is 3.07. The Kier molecular flexibility index (Phi) is 14.1. The fourth-order valence-corrected chi connectivity index (χ4v) is 4.18. The van der Waals surface area contributed by atoms with Gasteiger partial charge in [-0.1, -0.05) is 0 Å². The van der Waals surface area contributed by atoms with E-state index < -0.39 is 0 Å². The van der Waals surface area contributed by atoms with Crippen molar-refractivity contribution >= 4 is 47.6 Å². The number of halogens is 2. The lowest BCUT2D eigenvalue weighted by Crippen LogP contribution is -2.40. The lowest BCUT2D eigenvalue weighted by atomic mass is 9.96. The van der Waals surface area contributed by atoms with E-state index in [4.69, 9.17) is 5.73 Å². The normalized spacial score (nSPS) is 15.5. The van der Waals surface area contributed by atoms with Crippen LogP contribution in [-0.2, 0) is 4.79 Å². The minimum atomic E-state index is -0.196. The lowest BCUT2D eigenvalue weighted by molar-refractivity contribution is -0.123. The molecule has 1 amide bonds. The monoisotopic (exact) mass is 551 g/mol. The number of guanidine groups is 1. The highest BCUT2D eigenvalue weighted by molar-refractivity contribution is 14.0. The number of hydrogen-bond acceptors (Lipinski definition) is 4. The van der Waals surface area contributed by atoms with E-state index in [0.29, 0.717) is 0 Å². The van der Waals surface area contributed by atoms with Crippen LogP contribution < -0.4 is 16.4 Å². The SMILES string of the molecule is CN=C(NCCCCN1CCC(C(N)=O)CC1)NCCCSc1ccc(F)cc1.I. The molecule has 1 aliphatic rings. The molecule has 30 heavy (non-hydrogen) atoms. The topological polar surface area (TPSA) is 82.8 Å². The zero-order valence-corrected chi connectivity index (χ0v) is 20.9. The summed E-state index contributed by atoms with van der Waals surface area (Å²) in [4.78, 5) is 19.0. The van der Waals surface area contributed by atoms with Gasteiger partial charge < -0.3 is 21.3 Å². The second kappa shape index (κ2) is 15.7. The third-order valence-electron chi connectivity index (χ3n) is 5.10. The molecule has 0 unspecified atom stereocenters. The molecular formula is C21H35FIN5OS. The highest BCUT2D eigenvalue weighted by Crippen LogP contribution is 2.18. The summed E-state index contributed by atoms with van der Waals surface area (Å²) in [6.07, 6.45) is 4.99. The number of piperidine rings is 1. The molecule has 1 fully saturated rings. The van der Waals surface area contributed by atoms with Crippen LogP contribution in [0, 0.1) is 11.7 Å². The van der Waals surface area contributed by atoms with Crippen LogP contribution in [0.5, 0.6) is 0 Å². The molecule has 1 aliphatic heterocycles. The van der Waals surface area contributed by atoms with Gasteiger partial charge in [-0.15, -0.1) is 35.7 Å². The van der Waals surface area contributed by atoms with Crippen LogP contribution >= 0.6 is 35.7 Å². The van der Waals surface area contributed by atoms with Crippen molar-refractivity contribution < 1.29 is 9.18 Å². The first kappa shape index (κ1) is 27.0. The largest absolute Gasteiger partial charge is 0.369 e. The Hall–Kier alpha value is -1.07. The number of amides is 1. The fraction of sp³-hybridized carbons (Fsp3) is 0.619. The predicted molar refractivity (Wildman–Crippen MR) is 134 cm³/mol. The van der Waals surface area contributed by atoms with Crippen molar-refractivity contribution in [2.45, 2.75) is 37.0 Å². The van der Waals surface area contributed by atoms with Crippen molar-refractivity contribution in [3.05, 3.63) is 30.1 Å². The molecule has 0 aliphatic carbocycles. The summed E-state index contributed by atoms with van der Waals surface area (Å²) in [6, 6.07) is 6.62. The number of nitrogens with two attached hydrogens (primary N) is 1. The first-order chi connectivity index (χ1) is 14.1. The number of nitrogens with one attached hydrogen (secondary N) is 2. The molecule has 1 saturated heterocycles.